The summed E-state index contributed by atoms with van der Waals surface area (Å²) in [6.45, 7) is 3.53. The zero-order valence-electron chi connectivity index (χ0n) is 14.7. The first-order chi connectivity index (χ1) is 12.1. The van der Waals surface area contributed by atoms with Gasteiger partial charge in [0.1, 0.15) is 6.04 Å². The predicted octanol–water partition coefficient (Wildman–Crippen LogP) is 3.10. The highest BCUT2D eigenvalue weighted by Crippen LogP contribution is 2.32. The molecular formula is C21H24N2O2. The standard InChI is InChI=1S/C21H24N2O2/c1-15(12-13-17-8-4-3-5-9-17)22-21(25)20-14-18-10-6-7-11-19(18)23(20)16(2)24/h3-11,15,20H,12-14H2,1-2H3,(H,22,25)/t15-,20-/m0/s1. The van der Waals surface area contributed by atoms with Gasteiger partial charge in [-0.2, -0.15) is 0 Å². The Hall–Kier alpha value is -2.62. The quantitative estimate of drug-likeness (QED) is 0.912. The minimum absolute atomic E-state index is 0.0604. The Morgan fingerprint density at radius 3 is 2.52 bits per heavy atom. The molecule has 0 unspecified atom stereocenters. The van der Waals surface area contributed by atoms with Crippen LogP contribution in [0.15, 0.2) is 54.6 Å². The highest BCUT2D eigenvalue weighted by atomic mass is 16.2. The van der Waals surface area contributed by atoms with Crippen LogP contribution in [0.4, 0.5) is 5.69 Å². The van der Waals surface area contributed by atoms with E-state index in [1.54, 1.807) is 4.90 Å². The number of para-hydroxylation sites is 1. The summed E-state index contributed by atoms with van der Waals surface area (Å²) in [5.41, 5.74) is 3.17. The maximum Gasteiger partial charge on any atom is 0.243 e. The average Bonchev–Trinajstić information content (AvgIpc) is 3.01. The zero-order valence-corrected chi connectivity index (χ0v) is 14.7. The molecule has 0 saturated carbocycles. The first-order valence-corrected chi connectivity index (χ1v) is 8.78. The number of fused-ring (bicyclic) bond motifs is 1. The van der Waals surface area contributed by atoms with E-state index >= 15 is 0 Å². The number of rotatable bonds is 5. The minimum atomic E-state index is -0.450. The van der Waals surface area contributed by atoms with Gasteiger partial charge in [-0.3, -0.25) is 14.5 Å². The second-order valence-electron chi connectivity index (χ2n) is 6.67. The van der Waals surface area contributed by atoms with Crippen molar-refractivity contribution in [1.29, 1.82) is 0 Å². The SMILES string of the molecule is CC(=O)N1c2ccccc2C[C@H]1C(=O)N[C@@H](C)CCc1ccccc1. The van der Waals surface area contributed by atoms with E-state index < -0.39 is 6.04 Å². The number of nitrogens with zero attached hydrogens (tertiary/aromatic N) is 1. The molecule has 1 heterocycles. The third-order valence-electron chi connectivity index (χ3n) is 4.72. The van der Waals surface area contributed by atoms with E-state index in [4.69, 9.17) is 0 Å². The van der Waals surface area contributed by atoms with Gasteiger partial charge in [-0.25, -0.2) is 0 Å². The van der Waals surface area contributed by atoms with Gasteiger partial charge in [0.2, 0.25) is 11.8 Å². The monoisotopic (exact) mass is 336 g/mol. The van der Waals surface area contributed by atoms with E-state index in [1.807, 2.05) is 49.4 Å². The molecule has 3 rings (SSSR count). The summed E-state index contributed by atoms with van der Waals surface area (Å²) >= 11 is 0. The zero-order chi connectivity index (χ0) is 17.8. The number of anilines is 1. The lowest BCUT2D eigenvalue weighted by molar-refractivity contribution is -0.126. The molecule has 2 atom stereocenters. The summed E-state index contributed by atoms with van der Waals surface area (Å²) in [7, 11) is 0. The van der Waals surface area contributed by atoms with Crippen LogP contribution >= 0.6 is 0 Å². The molecule has 4 heteroatoms. The molecule has 1 aliphatic rings. The number of hydrogen-bond donors (Lipinski definition) is 1. The fourth-order valence-electron chi connectivity index (χ4n) is 3.42. The summed E-state index contributed by atoms with van der Waals surface area (Å²) in [6.07, 6.45) is 2.37. The van der Waals surface area contributed by atoms with Crippen LogP contribution in [0.2, 0.25) is 0 Å². The summed E-state index contributed by atoms with van der Waals surface area (Å²) in [5.74, 6) is -0.172. The molecule has 0 bridgehead atoms. The van der Waals surface area contributed by atoms with Crippen LogP contribution in [0.5, 0.6) is 0 Å². The van der Waals surface area contributed by atoms with Crippen LogP contribution in [0.3, 0.4) is 0 Å². The Kier molecular flexibility index (Phi) is 5.17. The lowest BCUT2D eigenvalue weighted by Crippen LogP contribution is -2.49. The minimum Gasteiger partial charge on any atom is -0.352 e. The molecule has 2 aromatic rings. The number of aryl methyl sites for hydroxylation is 1. The van der Waals surface area contributed by atoms with Crippen molar-refractivity contribution in [3.05, 3.63) is 65.7 Å². The summed E-state index contributed by atoms with van der Waals surface area (Å²) in [6, 6.07) is 17.6. The fraction of sp³-hybridized carbons (Fsp3) is 0.333. The maximum atomic E-state index is 12.7. The van der Waals surface area contributed by atoms with Crippen molar-refractivity contribution in [2.24, 2.45) is 0 Å². The van der Waals surface area contributed by atoms with Crippen molar-refractivity contribution in [3.63, 3.8) is 0 Å². The number of nitrogens with one attached hydrogen (secondary N) is 1. The molecule has 2 aromatic carbocycles. The van der Waals surface area contributed by atoms with Crippen molar-refractivity contribution in [2.45, 2.75) is 45.2 Å². The summed E-state index contributed by atoms with van der Waals surface area (Å²) < 4.78 is 0. The molecule has 0 fully saturated rings. The number of amides is 2. The molecule has 0 saturated heterocycles. The van der Waals surface area contributed by atoms with Crippen LogP contribution in [0.25, 0.3) is 0 Å². The lowest BCUT2D eigenvalue weighted by Gasteiger charge is -2.25. The van der Waals surface area contributed by atoms with E-state index in [2.05, 4.69) is 17.4 Å². The van der Waals surface area contributed by atoms with Crippen LogP contribution in [0, 0.1) is 0 Å². The summed E-state index contributed by atoms with van der Waals surface area (Å²) in [4.78, 5) is 26.4. The van der Waals surface area contributed by atoms with Crippen molar-refractivity contribution in [3.8, 4) is 0 Å². The molecule has 1 aliphatic heterocycles. The molecule has 1 N–H and O–H groups in total. The van der Waals surface area contributed by atoms with E-state index in [1.165, 1.54) is 12.5 Å². The van der Waals surface area contributed by atoms with Crippen molar-refractivity contribution < 1.29 is 9.59 Å². The summed E-state index contributed by atoms with van der Waals surface area (Å²) in [5, 5.41) is 3.08. The van der Waals surface area contributed by atoms with Gasteiger partial charge in [0.25, 0.3) is 0 Å². The van der Waals surface area contributed by atoms with E-state index in [9.17, 15) is 9.59 Å². The van der Waals surface area contributed by atoms with Crippen LogP contribution in [-0.4, -0.2) is 23.9 Å². The number of carbonyl (C=O) groups is 2. The van der Waals surface area contributed by atoms with Gasteiger partial charge in [-0.05, 0) is 37.0 Å². The van der Waals surface area contributed by atoms with E-state index in [0.717, 1.165) is 24.1 Å². The molecule has 2 amide bonds. The largest absolute Gasteiger partial charge is 0.352 e. The molecular weight excluding hydrogens is 312 g/mol. The Bertz CT molecular complexity index is 758. The number of carbonyl (C=O) groups excluding carboxylic acids is 2. The van der Waals surface area contributed by atoms with Gasteiger partial charge in [-0.15, -0.1) is 0 Å². The normalized spacial score (nSPS) is 17.0. The number of benzene rings is 2. The molecule has 4 nitrogen and oxygen atoms in total. The Labute approximate surface area is 148 Å². The molecule has 0 aromatic heterocycles. The Morgan fingerprint density at radius 1 is 1.12 bits per heavy atom. The first kappa shape index (κ1) is 17.2. The van der Waals surface area contributed by atoms with Gasteiger partial charge in [0.15, 0.2) is 0 Å². The Morgan fingerprint density at radius 2 is 1.80 bits per heavy atom. The topological polar surface area (TPSA) is 49.4 Å². The number of hydrogen-bond acceptors (Lipinski definition) is 2. The van der Waals surface area contributed by atoms with Gasteiger partial charge in [-0.1, -0.05) is 48.5 Å². The molecule has 0 spiro atoms. The first-order valence-electron chi connectivity index (χ1n) is 8.78. The Balaban J connectivity index is 1.62. The van der Waals surface area contributed by atoms with Crippen LogP contribution in [-0.2, 0) is 22.4 Å². The molecule has 0 radical (unpaired) electrons. The average molecular weight is 336 g/mol. The predicted molar refractivity (Wildman–Crippen MR) is 99.5 cm³/mol. The lowest BCUT2D eigenvalue weighted by atomic mass is 10.1. The van der Waals surface area contributed by atoms with Crippen LogP contribution < -0.4 is 10.2 Å². The smallest absolute Gasteiger partial charge is 0.243 e. The fourth-order valence-corrected chi connectivity index (χ4v) is 3.42. The van der Waals surface area contributed by atoms with E-state index in [-0.39, 0.29) is 17.9 Å². The third kappa shape index (κ3) is 3.90. The van der Waals surface area contributed by atoms with E-state index in [0.29, 0.717) is 6.42 Å². The van der Waals surface area contributed by atoms with Crippen molar-refractivity contribution >= 4 is 17.5 Å². The van der Waals surface area contributed by atoms with Gasteiger partial charge < -0.3 is 5.32 Å². The van der Waals surface area contributed by atoms with Gasteiger partial charge >= 0.3 is 0 Å². The second-order valence-corrected chi connectivity index (χ2v) is 6.67. The van der Waals surface area contributed by atoms with Gasteiger partial charge in [0, 0.05) is 25.1 Å². The van der Waals surface area contributed by atoms with Crippen molar-refractivity contribution in [2.75, 3.05) is 4.90 Å². The maximum absolute atomic E-state index is 12.7. The highest BCUT2D eigenvalue weighted by molar-refractivity contribution is 6.02. The molecule has 0 aliphatic carbocycles. The second kappa shape index (κ2) is 7.51. The van der Waals surface area contributed by atoms with Crippen LogP contribution in [0.1, 0.15) is 31.4 Å². The highest BCUT2D eigenvalue weighted by Gasteiger charge is 2.36. The van der Waals surface area contributed by atoms with Gasteiger partial charge in [0.05, 0.1) is 0 Å². The van der Waals surface area contributed by atoms with Crippen molar-refractivity contribution in [1.82, 2.24) is 5.32 Å². The molecule has 25 heavy (non-hydrogen) atoms. The third-order valence-corrected chi connectivity index (χ3v) is 4.72. The molecule has 130 valence electrons.